The van der Waals surface area contributed by atoms with Crippen LogP contribution < -0.4 is 10.6 Å². The first-order chi connectivity index (χ1) is 16.8. The number of urea groups is 1. The van der Waals surface area contributed by atoms with Gasteiger partial charge in [0.05, 0.1) is 10.7 Å². The lowest BCUT2D eigenvalue weighted by Crippen LogP contribution is -2.39. The molecule has 3 amide bonds. The Morgan fingerprint density at radius 3 is 2.57 bits per heavy atom. The highest BCUT2D eigenvalue weighted by molar-refractivity contribution is 6.33. The Morgan fingerprint density at radius 2 is 1.86 bits per heavy atom. The number of benzene rings is 2. The quantitative estimate of drug-likeness (QED) is 0.488. The van der Waals surface area contributed by atoms with Crippen LogP contribution in [0.15, 0.2) is 36.4 Å². The maximum Gasteiger partial charge on any atom is 0.410 e. The van der Waals surface area contributed by atoms with Crippen molar-refractivity contribution in [2.24, 2.45) is 5.92 Å². The molecule has 186 valence electrons. The number of carbonyl (C=O) groups excluding carboxylic acids is 2. The van der Waals surface area contributed by atoms with E-state index in [0.29, 0.717) is 38.0 Å². The van der Waals surface area contributed by atoms with E-state index in [-0.39, 0.29) is 35.2 Å². The number of rotatable bonds is 5. The summed E-state index contributed by atoms with van der Waals surface area (Å²) in [6.45, 7) is 0.889. The fraction of sp³-hybridized carbons (Fsp3) is 0.400. The fourth-order valence-electron chi connectivity index (χ4n) is 4.60. The van der Waals surface area contributed by atoms with Gasteiger partial charge in [-0.25, -0.2) is 14.0 Å². The number of halogens is 2. The van der Waals surface area contributed by atoms with Crippen LogP contribution in [0.25, 0.3) is 0 Å². The fourth-order valence-corrected chi connectivity index (χ4v) is 4.81. The van der Waals surface area contributed by atoms with Gasteiger partial charge >= 0.3 is 18.1 Å². The van der Waals surface area contributed by atoms with E-state index in [0.717, 1.165) is 24.0 Å². The molecule has 10 heteroatoms. The lowest BCUT2D eigenvalue weighted by Gasteiger charge is -2.32. The molecule has 2 aromatic carbocycles. The predicted octanol–water partition coefficient (Wildman–Crippen LogP) is 5.65. The van der Waals surface area contributed by atoms with Crippen LogP contribution in [-0.4, -0.2) is 40.7 Å². The van der Waals surface area contributed by atoms with E-state index in [9.17, 15) is 18.8 Å². The summed E-state index contributed by atoms with van der Waals surface area (Å²) in [6, 6.07) is 8.94. The number of fused-ring (bicyclic) bond motifs is 1. The van der Waals surface area contributed by atoms with Gasteiger partial charge in [0, 0.05) is 25.2 Å². The van der Waals surface area contributed by atoms with Gasteiger partial charge in [0.2, 0.25) is 0 Å². The number of hydrogen-bond donors (Lipinski definition) is 3. The zero-order chi connectivity index (χ0) is 24.9. The van der Waals surface area contributed by atoms with E-state index < -0.39 is 17.8 Å². The zero-order valence-corrected chi connectivity index (χ0v) is 19.8. The number of anilines is 2. The second kappa shape index (κ2) is 10.9. The lowest BCUT2D eigenvalue weighted by atomic mass is 9.85. The molecule has 1 aliphatic heterocycles. The molecule has 0 unspecified atom stereocenters. The maximum absolute atomic E-state index is 13.9. The molecule has 1 saturated carbocycles. The number of ether oxygens (including phenoxy) is 1. The van der Waals surface area contributed by atoms with E-state index in [1.54, 1.807) is 11.0 Å². The summed E-state index contributed by atoms with van der Waals surface area (Å²) in [5.74, 6) is -1.26. The first-order valence-electron chi connectivity index (χ1n) is 11.6. The topological polar surface area (TPSA) is 108 Å². The maximum atomic E-state index is 13.9. The Labute approximate surface area is 207 Å². The first kappa shape index (κ1) is 24.8. The molecule has 4 rings (SSSR count). The van der Waals surface area contributed by atoms with E-state index in [1.807, 2.05) is 12.1 Å². The van der Waals surface area contributed by atoms with E-state index >= 15 is 0 Å². The van der Waals surface area contributed by atoms with Crippen molar-refractivity contribution in [1.29, 1.82) is 0 Å². The minimum atomic E-state index is -0.786. The molecular formula is C25H27ClFN3O5. The Morgan fingerprint density at radius 1 is 1.09 bits per heavy atom. The van der Waals surface area contributed by atoms with Crippen molar-refractivity contribution < 1.29 is 28.6 Å². The molecular weight excluding hydrogens is 477 g/mol. The number of nitrogens with zero attached hydrogens (tertiary/aromatic N) is 1. The van der Waals surface area contributed by atoms with Crippen LogP contribution in [0.4, 0.5) is 25.4 Å². The van der Waals surface area contributed by atoms with Crippen LogP contribution in [0, 0.1) is 11.7 Å². The summed E-state index contributed by atoms with van der Waals surface area (Å²) in [4.78, 5) is 37.5. The average molecular weight is 504 g/mol. The standard InChI is InChI=1S/C25H27ClFN3O5/c26-20-2-1-3-21(27)23(20)29-24(33)28-18-7-6-17-14-30(11-10-16(17)13-18)25(34)35-19-8-4-15(5-9-19)12-22(31)32/h1-3,6-7,13,15,19H,4-5,8-12,14H2,(H,31,32)(H2,28,29,33)/t15-,19-. The van der Waals surface area contributed by atoms with Gasteiger partial charge in [-0.1, -0.05) is 23.7 Å². The van der Waals surface area contributed by atoms with Crippen molar-refractivity contribution in [3.63, 3.8) is 0 Å². The highest BCUT2D eigenvalue weighted by Gasteiger charge is 2.28. The van der Waals surface area contributed by atoms with Crippen LogP contribution in [-0.2, 0) is 22.5 Å². The second-order valence-electron chi connectivity index (χ2n) is 8.96. The third kappa shape index (κ3) is 6.42. The SMILES string of the molecule is O=C(O)C[C@H]1CC[C@H](OC(=O)N2CCc3cc(NC(=O)Nc4c(F)cccc4Cl)ccc3C2)CC1. The normalized spacial score (nSPS) is 19.4. The third-order valence-electron chi connectivity index (χ3n) is 6.46. The van der Waals surface area contributed by atoms with Gasteiger partial charge in [0.1, 0.15) is 11.9 Å². The van der Waals surface area contributed by atoms with Gasteiger partial charge in [-0.05, 0) is 73.4 Å². The highest BCUT2D eigenvalue weighted by atomic mass is 35.5. The Hall–Kier alpha value is -3.33. The van der Waals surface area contributed by atoms with Crippen LogP contribution in [0.3, 0.4) is 0 Å². The molecule has 0 bridgehead atoms. The van der Waals surface area contributed by atoms with E-state index in [2.05, 4.69) is 10.6 Å². The van der Waals surface area contributed by atoms with Crippen molar-refractivity contribution in [3.8, 4) is 0 Å². The smallest absolute Gasteiger partial charge is 0.410 e. The zero-order valence-electron chi connectivity index (χ0n) is 19.1. The number of amides is 3. The number of para-hydroxylation sites is 1. The highest BCUT2D eigenvalue weighted by Crippen LogP contribution is 2.30. The predicted molar refractivity (Wildman–Crippen MR) is 129 cm³/mol. The monoisotopic (exact) mass is 503 g/mol. The number of aliphatic carboxylic acids is 1. The van der Waals surface area contributed by atoms with Crippen molar-refractivity contribution in [2.45, 2.75) is 51.2 Å². The molecule has 0 spiro atoms. The van der Waals surface area contributed by atoms with Crippen LogP contribution in [0.2, 0.25) is 5.02 Å². The van der Waals surface area contributed by atoms with Crippen molar-refractivity contribution in [2.75, 3.05) is 17.2 Å². The molecule has 35 heavy (non-hydrogen) atoms. The summed E-state index contributed by atoms with van der Waals surface area (Å²) in [6.07, 6.45) is 3.10. The minimum Gasteiger partial charge on any atom is -0.481 e. The molecule has 2 aliphatic rings. The number of hydrogen-bond acceptors (Lipinski definition) is 4. The Kier molecular flexibility index (Phi) is 7.75. The number of carboxylic acid groups (broad SMARTS) is 1. The first-order valence-corrected chi connectivity index (χ1v) is 12.0. The van der Waals surface area contributed by atoms with Gasteiger partial charge in [0.15, 0.2) is 0 Å². The number of carboxylic acids is 1. The van der Waals surface area contributed by atoms with Crippen LogP contribution in [0.5, 0.6) is 0 Å². The molecule has 8 nitrogen and oxygen atoms in total. The summed E-state index contributed by atoms with van der Waals surface area (Å²) in [7, 11) is 0. The van der Waals surface area contributed by atoms with Crippen molar-refractivity contribution in [3.05, 3.63) is 58.4 Å². The summed E-state index contributed by atoms with van der Waals surface area (Å²) in [5, 5.41) is 14.1. The van der Waals surface area contributed by atoms with E-state index in [1.165, 1.54) is 18.2 Å². The summed E-state index contributed by atoms with van der Waals surface area (Å²) in [5.41, 5.74) is 2.42. The average Bonchev–Trinajstić information content (AvgIpc) is 2.82. The minimum absolute atomic E-state index is 0.0887. The molecule has 0 atom stereocenters. The van der Waals surface area contributed by atoms with Gasteiger partial charge in [-0.3, -0.25) is 4.79 Å². The Balaban J connectivity index is 1.29. The number of carbonyl (C=O) groups is 3. The van der Waals surface area contributed by atoms with Crippen LogP contribution >= 0.6 is 11.6 Å². The summed E-state index contributed by atoms with van der Waals surface area (Å²) < 4.78 is 19.6. The molecule has 0 aromatic heterocycles. The molecule has 1 heterocycles. The molecule has 1 aliphatic carbocycles. The Bertz CT molecular complexity index is 1100. The largest absolute Gasteiger partial charge is 0.481 e. The molecule has 0 radical (unpaired) electrons. The number of nitrogens with one attached hydrogen (secondary N) is 2. The molecule has 3 N–H and O–H groups in total. The van der Waals surface area contributed by atoms with E-state index in [4.69, 9.17) is 21.4 Å². The second-order valence-corrected chi connectivity index (χ2v) is 9.36. The van der Waals surface area contributed by atoms with Gasteiger partial charge < -0.3 is 25.4 Å². The molecule has 1 fully saturated rings. The summed E-state index contributed by atoms with van der Waals surface area (Å²) >= 11 is 5.95. The third-order valence-corrected chi connectivity index (χ3v) is 6.78. The molecule has 2 aromatic rings. The van der Waals surface area contributed by atoms with Gasteiger partial charge in [-0.15, -0.1) is 0 Å². The molecule has 0 saturated heterocycles. The van der Waals surface area contributed by atoms with Crippen molar-refractivity contribution in [1.82, 2.24) is 4.90 Å². The van der Waals surface area contributed by atoms with Crippen molar-refractivity contribution >= 4 is 41.1 Å². The van der Waals surface area contributed by atoms with Gasteiger partial charge in [0.25, 0.3) is 0 Å². The van der Waals surface area contributed by atoms with Gasteiger partial charge in [-0.2, -0.15) is 0 Å². The lowest BCUT2D eigenvalue weighted by molar-refractivity contribution is -0.138. The van der Waals surface area contributed by atoms with Crippen LogP contribution in [0.1, 0.15) is 43.2 Å².